The van der Waals surface area contributed by atoms with Crippen molar-refractivity contribution in [3.8, 4) is 0 Å². The van der Waals surface area contributed by atoms with Crippen molar-refractivity contribution < 1.29 is 0 Å². The molecule has 0 fully saturated rings. The average molecular weight is 284 g/mol. The standard InChI is InChI=1S/C16H14ClN3/c17-14-9-5-4-8-12(14)16-13(10-15(18)19-20-16)11-6-2-1-3-7-11/h1-9,13H,10H2,(H2,18,19). The van der Waals surface area contributed by atoms with Gasteiger partial charge in [0.1, 0.15) is 5.84 Å². The molecule has 20 heavy (non-hydrogen) atoms. The third kappa shape index (κ3) is 2.45. The summed E-state index contributed by atoms with van der Waals surface area (Å²) in [6, 6.07) is 17.9. The second kappa shape index (κ2) is 5.47. The summed E-state index contributed by atoms with van der Waals surface area (Å²) in [5, 5.41) is 9.01. The third-order valence-electron chi connectivity index (χ3n) is 3.38. The Balaban J connectivity index is 2.08. The molecule has 0 saturated carbocycles. The number of nitrogens with two attached hydrogens (primary N) is 1. The summed E-state index contributed by atoms with van der Waals surface area (Å²) in [7, 11) is 0. The molecule has 2 aromatic carbocycles. The van der Waals surface area contributed by atoms with Crippen LogP contribution in [-0.4, -0.2) is 11.5 Å². The molecule has 1 aliphatic rings. The van der Waals surface area contributed by atoms with E-state index in [1.54, 1.807) is 0 Å². The van der Waals surface area contributed by atoms with Gasteiger partial charge in [-0.15, -0.1) is 5.10 Å². The van der Waals surface area contributed by atoms with E-state index in [0.29, 0.717) is 17.3 Å². The molecule has 2 aromatic rings. The fraction of sp³-hybridized carbons (Fsp3) is 0.125. The highest BCUT2D eigenvalue weighted by Gasteiger charge is 2.25. The van der Waals surface area contributed by atoms with E-state index >= 15 is 0 Å². The Morgan fingerprint density at radius 2 is 1.65 bits per heavy atom. The molecule has 3 nitrogen and oxygen atoms in total. The quantitative estimate of drug-likeness (QED) is 0.900. The lowest BCUT2D eigenvalue weighted by molar-refractivity contribution is 0.887. The normalized spacial score (nSPS) is 18.4. The van der Waals surface area contributed by atoms with Crippen LogP contribution in [0.1, 0.15) is 23.5 Å². The molecule has 0 amide bonds. The van der Waals surface area contributed by atoms with Crippen molar-refractivity contribution >= 4 is 23.1 Å². The number of benzene rings is 2. The zero-order valence-electron chi connectivity index (χ0n) is 10.8. The van der Waals surface area contributed by atoms with Crippen molar-refractivity contribution in [1.82, 2.24) is 0 Å². The number of hydrogen-bond donors (Lipinski definition) is 1. The van der Waals surface area contributed by atoms with Crippen LogP contribution in [0.5, 0.6) is 0 Å². The molecule has 2 N–H and O–H groups in total. The molecule has 0 spiro atoms. The zero-order valence-corrected chi connectivity index (χ0v) is 11.6. The summed E-state index contributed by atoms with van der Waals surface area (Å²) in [5.41, 5.74) is 8.81. The van der Waals surface area contributed by atoms with Gasteiger partial charge in [-0.3, -0.25) is 0 Å². The summed E-state index contributed by atoms with van der Waals surface area (Å²) >= 11 is 6.29. The molecule has 0 aromatic heterocycles. The Morgan fingerprint density at radius 3 is 2.40 bits per heavy atom. The van der Waals surface area contributed by atoms with Gasteiger partial charge in [-0.2, -0.15) is 5.10 Å². The topological polar surface area (TPSA) is 50.7 Å². The highest BCUT2D eigenvalue weighted by molar-refractivity contribution is 6.34. The average Bonchev–Trinajstić information content (AvgIpc) is 2.49. The highest BCUT2D eigenvalue weighted by Crippen LogP contribution is 2.30. The monoisotopic (exact) mass is 283 g/mol. The van der Waals surface area contributed by atoms with E-state index in [4.69, 9.17) is 17.3 Å². The fourth-order valence-corrected chi connectivity index (χ4v) is 2.64. The van der Waals surface area contributed by atoms with Gasteiger partial charge in [-0.25, -0.2) is 0 Å². The van der Waals surface area contributed by atoms with Crippen LogP contribution >= 0.6 is 11.6 Å². The lowest BCUT2D eigenvalue weighted by Gasteiger charge is -2.22. The molecule has 0 aliphatic carbocycles. The van der Waals surface area contributed by atoms with Gasteiger partial charge < -0.3 is 5.73 Å². The molecular formula is C16H14ClN3. The van der Waals surface area contributed by atoms with E-state index in [9.17, 15) is 0 Å². The number of nitrogens with zero attached hydrogens (tertiary/aromatic N) is 2. The first-order valence-electron chi connectivity index (χ1n) is 6.45. The lowest BCUT2D eigenvalue weighted by atomic mass is 9.86. The van der Waals surface area contributed by atoms with E-state index in [1.165, 1.54) is 5.56 Å². The number of hydrogen-bond acceptors (Lipinski definition) is 3. The molecule has 1 atom stereocenters. The maximum atomic E-state index is 6.29. The van der Waals surface area contributed by atoms with Gasteiger partial charge in [-0.05, 0) is 11.6 Å². The van der Waals surface area contributed by atoms with E-state index in [1.807, 2.05) is 42.5 Å². The number of rotatable bonds is 2. The summed E-state index contributed by atoms with van der Waals surface area (Å²) < 4.78 is 0. The smallest absolute Gasteiger partial charge is 0.123 e. The van der Waals surface area contributed by atoms with Crippen LogP contribution in [0.2, 0.25) is 5.02 Å². The van der Waals surface area contributed by atoms with Crippen LogP contribution in [0, 0.1) is 0 Å². The molecule has 0 saturated heterocycles. The van der Waals surface area contributed by atoms with Crippen molar-refractivity contribution in [2.75, 3.05) is 0 Å². The zero-order chi connectivity index (χ0) is 13.9. The van der Waals surface area contributed by atoms with Crippen molar-refractivity contribution in [2.24, 2.45) is 15.9 Å². The maximum absolute atomic E-state index is 6.29. The minimum atomic E-state index is 0.0913. The van der Waals surface area contributed by atoms with Gasteiger partial charge in [0.15, 0.2) is 0 Å². The second-order valence-corrected chi connectivity index (χ2v) is 5.13. The van der Waals surface area contributed by atoms with Crippen LogP contribution in [0.4, 0.5) is 0 Å². The summed E-state index contributed by atoms with van der Waals surface area (Å²) in [5.74, 6) is 0.642. The minimum Gasteiger partial charge on any atom is -0.386 e. The van der Waals surface area contributed by atoms with E-state index in [2.05, 4.69) is 22.3 Å². The molecule has 3 rings (SSSR count). The largest absolute Gasteiger partial charge is 0.386 e. The van der Waals surface area contributed by atoms with Gasteiger partial charge >= 0.3 is 0 Å². The van der Waals surface area contributed by atoms with Crippen LogP contribution in [0.15, 0.2) is 64.8 Å². The van der Waals surface area contributed by atoms with Gasteiger partial charge in [-0.1, -0.05) is 60.1 Å². The van der Waals surface area contributed by atoms with Crippen LogP contribution in [0.25, 0.3) is 0 Å². The van der Waals surface area contributed by atoms with Crippen molar-refractivity contribution in [2.45, 2.75) is 12.3 Å². The SMILES string of the molecule is NC1=NN=C(c2ccccc2Cl)C(c2ccccc2)C1. The van der Waals surface area contributed by atoms with Gasteiger partial charge in [0, 0.05) is 22.9 Å². The lowest BCUT2D eigenvalue weighted by Crippen LogP contribution is -2.26. The summed E-state index contributed by atoms with van der Waals surface area (Å²) in [6.45, 7) is 0. The number of amidine groups is 1. The number of halogens is 1. The first kappa shape index (κ1) is 12.9. The molecule has 0 radical (unpaired) electrons. The second-order valence-electron chi connectivity index (χ2n) is 4.72. The maximum Gasteiger partial charge on any atom is 0.123 e. The highest BCUT2D eigenvalue weighted by atomic mass is 35.5. The predicted octanol–water partition coefficient (Wildman–Crippen LogP) is 3.59. The first-order chi connectivity index (χ1) is 9.75. The van der Waals surface area contributed by atoms with Crippen LogP contribution in [0.3, 0.4) is 0 Å². The Bertz CT molecular complexity index is 677. The van der Waals surface area contributed by atoms with Gasteiger partial charge in [0.2, 0.25) is 0 Å². The first-order valence-corrected chi connectivity index (χ1v) is 6.83. The Labute approximate surface area is 122 Å². The van der Waals surface area contributed by atoms with E-state index in [-0.39, 0.29) is 5.92 Å². The van der Waals surface area contributed by atoms with E-state index in [0.717, 1.165) is 11.3 Å². The van der Waals surface area contributed by atoms with Crippen molar-refractivity contribution in [1.29, 1.82) is 0 Å². The molecule has 4 heteroatoms. The minimum absolute atomic E-state index is 0.0913. The molecule has 1 unspecified atom stereocenters. The molecule has 1 aliphatic heterocycles. The molecule has 100 valence electrons. The predicted molar refractivity (Wildman–Crippen MR) is 83.4 cm³/mol. The van der Waals surface area contributed by atoms with Gasteiger partial charge in [0.25, 0.3) is 0 Å². The van der Waals surface area contributed by atoms with Crippen molar-refractivity contribution in [3.63, 3.8) is 0 Å². The fourth-order valence-electron chi connectivity index (χ4n) is 2.41. The van der Waals surface area contributed by atoms with Crippen LogP contribution < -0.4 is 5.73 Å². The van der Waals surface area contributed by atoms with Crippen LogP contribution in [-0.2, 0) is 0 Å². The molecular weight excluding hydrogens is 270 g/mol. The molecule has 1 heterocycles. The van der Waals surface area contributed by atoms with Gasteiger partial charge in [0.05, 0.1) is 5.71 Å². The third-order valence-corrected chi connectivity index (χ3v) is 3.71. The summed E-state index contributed by atoms with van der Waals surface area (Å²) in [4.78, 5) is 0. The summed E-state index contributed by atoms with van der Waals surface area (Å²) in [6.07, 6.45) is 0.661. The Hall–Kier alpha value is -2.13. The molecule has 0 bridgehead atoms. The Morgan fingerprint density at radius 1 is 0.950 bits per heavy atom. The van der Waals surface area contributed by atoms with Crippen molar-refractivity contribution in [3.05, 3.63) is 70.7 Å². The Kier molecular flexibility index (Phi) is 3.52. The van der Waals surface area contributed by atoms with E-state index < -0.39 is 0 Å².